The number of thiophene rings is 1. The van der Waals surface area contributed by atoms with Crippen LogP contribution in [0.1, 0.15) is 47.5 Å². The van der Waals surface area contributed by atoms with E-state index < -0.39 is 0 Å². The van der Waals surface area contributed by atoms with Crippen molar-refractivity contribution >= 4 is 43.9 Å². The molecule has 7 heteroatoms. The van der Waals surface area contributed by atoms with Gasteiger partial charge in [-0.15, -0.1) is 22.7 Å². The van der Waals surface area contributed by atoms with E-state index in [-0.39, 0.29) is 11.3 Å². The highest BCUT2D eigenvalue weighted by atomic mass is 32.1. The molecule has 0 saturated heterocycles. The molecule has 0 unspecified atom stereocenters. The van der Waals surface area contributed by atoms with E-state index in [1.54, 1.807) is 6.20 Å². The summed E-state index contributed by atoms with van der Waals surface area (Å²) in [6.07, 6.45) is 1.67. The molecule has 0 aliphatic heterocycles. The van der Waals surface area contributed by atoms with E-state index >= 15 is 0 Å². The maximum Gasteiger partial charge on any atom is 0.267 e. The lowest BCUT2D eigenvalue weighted by atomic mass is 9.95. The van der Waals surface area contributed by atoms with Crippen LogP contribution in [0.2, 0.25) is 0 Å². The number of hydrogen-bond donors (Lipinski definition) is 1. The van der Waals surface area contributed by atoms with Crippen molar-refractivity contribution in [2.45, 2.75) is 40.0 Å². The van der Waals surface area contributed by atoms with Gasteiger partial charge in [0.15, 0.2) is 5.13 Å². The maximum absolute atomic E-state index is 12.5. The molecule has 120 valence electrons. The first-order chi connectivity index (χ1) is 10.8. The highest BCUT2D eigenvalue weighted by Gasteiger charge is 2.23. The SMILES string of the molecule is Cc1nc(C(C)(C)C)nc2sc(C(=O)Nc3nccs3)c(C)c12. The van der Waals surface area contributed by atoms with Crippen molar-refractivity contribution in [3.8, 4) is 0 Å². The third-order valence-electron chi connectivity index (χ3n) is 3.50. The summed E-state index contributed by atoms with van der Waals surface area (Å²) in [6.45, 7) is 10.2. The van der Waals surface area contributed by atoms with Crippen LogP contribution in [0.5, 0.6) is 0 Å². The Kier molecular flexibility index (Phi) is 3.93. The Hall–Kier alpha value is -1.86. The van der Waals surface area contributed by atoms with Gasteiger partial charge in [0.1, 0.15) is 10.7 Å². The first kappa shape index (κ1) is 16.0. The van der Waals surface area contributed by atoms with Crippen molar-refractivity contribution in [1.29, 1.82) is 0 Å². The highest BCUT2D eigenvalue weighted by Crippen LogP contribution is 2.33. The molecule has 1 amide bonds. The number of anilines is 1. The lowest BCUT2D eigenvalue weighted by Crippen LogP contribution is -2.16. The van der Waals surface area contributed by atoms with Crippen molar-refractivity contribution in [2.75, 3.05) is 5.32 Å². The van der Waals surface area contributed by atoms with E-state index in [1.165, 1.54) is 22.7 Å². The fourth-order valence-corrected chi connectivity index (χ4v) is 3.98. The van der Waals surface area contributed by atoms with E-state index in [4.69, 9.17) is 0 Å². The van der Waals surface area contributed by atoms with Crippen molar-refractivity contribution in [2.24, 2.45) is 0 Å². The predicted molar refractivity (Wildman–Crippen MR) is 95.7 cm³/mol. The molecular weight excluding hydrogens is 328 g/mol. The number of carbonyl (C=O) groups is 1. The van der Waals surface area contributed by atoms with E-state index in [2.05, 4.69) is 41.0 Å². The number of nitrogens with zero attached hydrogens (tertiary/aromatic N) is 3. The minimum atomic E-state index is -0.142. The second-order valence-corrected chi connectivity index (χ2v) is 8.30. The number of aryl methyl sites for hydroxylation is 2. The van der Waals surface area contributed by atoms with Crippen LogP contribution in [0.25, 0.3) is 10.2 Å². The third-order valence-corrected chi connectivity index (χ3v) is 5.37. The second kappa shape index (κ2) is 5.65. The van der Waals surface area contributed by atoms with Crippen LogP contribution in [0.4, 0.5) is 5.13 Å². The number of aromatic nitrogens is 3. The van der Waals surface area contributed by atoms with Crippen molar-refractivity contribution in [3.63, 3.8) is 0 Å². The minimum Gasteiger partial charge on any atom is -0.297 e. The number of nitrogens with one attached hydrogen (secondary N) is 1. The summed E-state index contributed by atoms with van der Waals surface area (Å²) >= 11 is 2.81. The standard InChI is InChI=1S/C16H18N4OS2/c1-8-10-9(2)18-14(16(3,4)5)20-13(10)23-11(8)12(21)19-15-17-6-7-22-15/h6-7H,1-5H3,(H,17,19,21). The zero-order valence-electron chi connectivity index (χ0n) is 13.7. The average molecular weight is 346 g/mol. The second-order valence-electron chi connectivity index (χ2n) is 6.41. The molecule has 3 aromatic heterocycles. The van der Waals surface area contributed by atoms with Crippen molar-refractivity contribution in [1.82, 2.24) is 15.0 Å². The van der Waals surface area contributed by atoms with Crippen LogP contribution in [0.3, 0.4) is 0 Å². The summed E-state index contributed by atoms with van der Waals surface area (Å²) in [7, 11) is 0. The summed E-state index contributed by atoms with van der Waals surface area (Å²) in [5.74, 6) is 0.660. The Morgan fingerprint density at radius 2 is 1.96 bits per heavy atom. The van der Waals surface area contributed by atoms with Crippen molar-refractivity contribution < 1.29 is 4.79 Å². The molecule has 5 nitrogen and oxygen atoms in total. The number of hydrogen-bond acceptors (Lipinski definition) is 6. The van der Waals surface area contributed by atoms with E-state index in [1.807, 2.05) is 19.2 Å². The predicted octanol–water partition coefficient (Wildman–Crippen LogP) is 4.31. The molecule has 0 aliphatic carbocycles. The highest BCUT2D eigenvalue weighted by molar-refractivity contribution is 7.21. The molecule has 0 fully saturated rings. The van der Waals surface area contributed by atoms with Crippen LogP contribution in [-0.2, 0) is 5.41 Å². The molecule has 0 saturated carbocycles. The molecule has 0 spiro atoms. The Labute approximate surface area is 142 Å². The van der Waals surface area contributed by atoms with Crippen molar-refractivity contribution in [3.05, 3.63) is 33.5 Å². The van der Waals surface area contributed by atoms with Crippen LogP contribution in [0.15, 0.2) is 11.6 Å². The molecule has 3 rings (SSSR count). The van der Waals surface area contributed by atoms with Gasteiger partial charge in [-0.3, -0.25) is 10.1 Å². The summed E-state index contributed by atoms with van der Waals surface area (Å²) in [5.41, 5.74) is 1.72. The fourth-order valence-electron chi connectivity index (χ4n) is 2.33. The fraction of sp³-hybridized carbons (Fsp3) is 0.375. The molecule has 0 radical (unpaired) electrons. The van der Waals surface area contributed by atoms with Gasteiger partial charge in [0.2, 0.25) is 0 Å². The number of rotatable bonds is 2. The van der Waals surface area contributed by atoms with E-state index in [9.17, 15) is 4.79 Å². The zero-order valence-corrected chi connectivity index (χ0v) is 15.4. The number of thiazole rings is 1. The van der Waals surface area contributed by atoms with Gasteiger partial charge in [-0.05, 0) is 19.4 Å². The lowest BCUT2D eigenvalue weighted by Gasteiger charge is -2.16. The normalized spacial score (nSPS) is 11.9. The molecule has 0 aliphatic rings. The number of fused-ring (bicyclic) bond motifs is 1. The summed E-state index contributed by atoms with van der Waals surface area (Å²) in [5, 5.41) is 6.25. The summed E-state index contributed by atoms with van der Waals surface area (Å²) in [6, 6.07) is 0. The molecule has 1 N–H and O–H groups in total. The third kappa shape index (κ3) is 2.98. The monoisotopic (exact) mass is 346 g/mol. The Bertz CT molecular complexity index is 876. The van der Waals surface area contributed by atoms with Gasteiger partial charge in [0.05, 0.1) is 10.6 Å². The molecule has 23 heavy (non-hydrogen) atoms. The molecule has 3 heterocycles. The maximum atomic E-state index is 12.5. The van der Waals surface area contributed by atoms with Gasteiger partial charge in [-0.25, -0.2) is 15.0 Å². The Balaban J connectivity index is 2.07. The van der Waals surface area contributed by atoms with E-state index in [0.717, 1.165) is 27.3 Å². The molecule has 0 bridgehead atoms. The summed E-state index contributed by atoms with van der Waals surface area (Å²) in [4.78, 5) is 27.5. The number of amides is 1. The van der Waals surface area contributed by atoms with Gasteiger partial charge in [-0.1, -0.05) is 20.8 Å². The largest absolute Gasteiger partial charge is 0.297 e. The van der Waals surface area contributed by atoms with Gasteiger partial charge >= 0.3 is 0 Å². The van der Waals surface area contributed by atoms with Gasteiger partial charge in [0.25, 0.3) is 5.91 Å². The summed E-state index contributed by atoms with van der Waals surface area (Å²) < 4.78 is 0. The molecule has 3 aromatic rings. The first-order valence-corrected chi connectivity index (χ1v) is 8.96. The van der Waals surface area contributed by atoms with Crippen LogP contribution in [-0.4, -0.2) is 20.9 Å². The molecular formula is C16H18N4OS2. The van der Waals surface area contributed by atoms with Crippen LogP contribution >= 0.6 is 22.7 Å². The van der Waals surface area contributed by atoms with Gasteiger partial charge in [-0.2, -0.15) is 0 Å². The zero-order chi connectivity index (χ0) is 16.8. The van der Waals surface area contributed by atoms with E-state index in [0.29, 0.717) is 10.0 Å². The first-order valence-electron chi connectivity index (χ1n) is 7.26. The topological polar surface area (TPSA) is 67.8 Å². The molecule has 0 atom stereocenters. The quantitative estimate of drug-likeness (QED) is 0.750. The van der Waals surface area contributed by atoms with Crippen LogP contribution in [0, 0.1) is 13.8 Å². The lowest BCUT2D eigenvalue weighted by molar-refractivity contribution is 0.103. The minimum absolute atomic E-state index is 0.125. The smallest absolute Gasteiger partial charge is 0.267 e. The molecule has 0 aromatic carbocycles. The number of carbonyl (C=O) groups excluding carboxylic acids is 1. The Morgan fingerprint density at radius 3 is 2.57 bits per heavy atom. The van der Waals surface area contributed by atoms with Gasteiger partial charge < -0.3 is 0 Å². The van der Waals surface area contributed by atoms with Crippen LogP contribution < -0.4 is 5.32 Å². The Morgan fingerprint density at radius 1 is 1.22 bits per heavy atom. The van der Waals surface area contributed by atoms with Gasteiger partial charge in [0, 0.05) is 22.4 Å². The average Bonchev–Trinajstić information content (AvgIpc) is 3.06.